The van der Waals surface area contributed by atoms with Crippen LogP contribution in [0.25, 0.3) is 0 Å². The normalized spacial score (nSPS) is 18.4. The molecule has 7 nitrogen and oxygen atoms in total. The summed E-state index contributed by atoms with van der Waals surface area (Å²) >= 11 is 0. The third-order valence-electron chi connectivity index (χ3n) is 4.10. The predicted octanol–water partition coefficient (Wildman–Crippen LogP) is 0.903. The highest BCUT2D eigenvalue weighted by Crippen LogP contribution is 2.35. The number of aliphatic hydroxyl groups is 1. The molecule has 1 saturated carbocycles. The van der Waals surface area contributed by atoms with Crippen molar-refractivity contribution in [1.82, 2.24) is 10.3 Å². The summed E-state index contributed by atoms with van der Waals surface area (Å²) in [7, 11) is 0. The molecule has 2 aliphatic rings. The molecule has 2 heterocycles. The Hall–Kier alpha value is -2.36. The highest BCUT2D eigenvalue weighted by atomic mass is 19.4. The fourth-order valence-corrected chi connectivity index (χ4v) is 2.47. The zero-order valence-corrected chi connectivity index (χ0v) is 13.1. The lowest BCUT2D eigenvalue weighted by atomic mass is 10.1. The number of hydrogen-bond donors (Lipinski definition) is 3. The van der Waals surface area contributed by atoms with Gasteiger partial charge < -0.3 is 20.6 Å². The van der Waals surface area contributed by atoms with Crippen molar-refractivity contribution in [2.45, 2.75) is 25.1 Å². The van der Waals surface area contributed by atoms with E-state index in [4.69, 9.17) is 5.11 Å². The zero-order chi connectivity index (χ0) is 18.2. The van der Waals surface area contributed by atoms with Crippen molar-refractivity contribution in [1.29, 1.82) is 0 Å². The molecule has 3 rings (SSSR count). The third-order valence-corrected chi connectivity index (χ3v) is 4.10. The van der Waals surface area contributed by atoms with Crippen molar-refractivity contribution in [2.24, 2.45) is 5.92 Å². The van der Waals surface area contributed by atoms with Gasteiger partial charge in [0.15, 0.2) is 6.10 Å². The number of rotatable bonds is 5. The number of amides is 2. The second-order valence-corrected chi connectivity index (χ2v) is 6.16. The van der Waals surface area contributed by atoms with Crippen molar-refractivity contribution in [2.75, 3.05) is 29.9 Å². The van der Waals surface area contributed by atoms with Gasteiger partial charge >= 0.3 is 6.18 Å². The zero-order valence-electron chi connectivity index (χ0n) is 13.1. The molecule has 1 aliphatic heterocycles. The van der Waals surface area contributed by atoms with E-state index in [0.717, 1.165) is 12.8 Å². The molecule has 3 N–H and O–H groups in total. The summed E-state index contributed by atoms with van der Waals surface area (Å²) < 4.78 is 36.8. The van der Waals surface area contributed by atoms with Crippen LogP contribution in [0.2, 0.25) is 0 Å². The van der Waals surface area contributed by atoms with Crippen LogP contribution in [0.3, 0.4) is 0 Å². The first-order chi connectivity index (χ1) is 11.8. The first-order valence-electron chi connectivity index (χ1n) is 7.83. The van der Waals surface area contributed by atoms with Gasteiger partial charge in [-0.2, -0.15) is 13.2 Å². The van der Waals surface area contributed by atoms with E-state index in [1.165, 1.54) is 12.3 Å². The van der Waals surface area contributed by atoms with Crippen LogP contribution in [-0.4, -0.2) is 53.8 Å². The molecule has 0 spiro atoms. The van der Waals surface area contributed by atoms with E-state index < -0.39 is 24.7 Å². The van der Waals surface area contributed by atoms with Crippen molar-refractivity contribution in [3.63, 3.8) is 0 Å². The summed E-state index contributed by atoms with van der Waals surface area (Å²) in [6.45, 7) is -0.314. The number of carbonyl (C=O) groups excluding carboxylic acids is 2. The summed E-state index contributed by atoms with van der Waals surface area (Å²) in [4.78, 5) is 29.8. The Morgan fingerprint density at radius 1 is 1.48 bits per heavy atom. The van der Waals surface area contributed by atoms with Crippen LogP contribution >= 0.6 is 0 Å². The van der Waals surface area contributed by atoms with Crippen LogP contribution in [0.4, 0.5) is 24.7 Å². The van der Waals surface area contributed by atoms with Gasteiger partial charge in [-0.05, 0) is 24.8 Å². The Bertz CT molecular complexity index is 691. The molecule has 1 fully saturated rings. The third kappa shape index (κ3) is 4.01. The molecule has 1 atom stereocenters. The van der Waals surface area contributed by atoms with Gasteiger partial charge in [-0.3, -0.25) is 9.59 Å². The molecule has 0 saturated heterocycles. The van der Waals surface area contributed by atoms with E-state index in [-0.39, 0.29) is 18.0 Å². The quantitative estimate of drug-likeness (QED) is 0.727. The Morgan fingerprint density at radius 2 is 2.20 bits per heavy atom. The van der Waals surface area contributed by atoms with Gasteiger partial charge in [0.1, 0.15) is 5.82 Å². The van der Waals surface area contributed by atoms with Crippen LogP contribution in [0.1, 0.15) is 23.2 Å². The lowest BCUT2D eigenvalue weighted by Crippen LogP contribution is -2.42. The molecule has 136 valence electrons. The van der Waals surface area contributed by atoms with Gasteiger partial charge in [-0.25, -0.2) is 4.98 Å². The molecule has 1 aromatic heterocycles. The summed E-state index contributed by atoms with van der Waals surface area (Å²) in [5.41, 5.74) is 0.456. The molecule has 1 aliphatic carbocycles. The predicted molar refractivity (Wildman–Crippen MR) is 82.2 cm³/mol. The Labute approximate surface area is 141 Å². The minimum Gasteiger partial charge on any atom is -0.382 e. The van der Waals surface area contributed by atoms with Crippen LogP contribution in [-0.2, 0) is 4.79 Å². The number of carbonyl (C=O) groups is 2. The van der Waals surface area contributed by atoms with Gasteiger partial charge in [0.2, 0.25) is 5.91 Å². The topological polar surface area (TPSA) is 94.6 Å². The van der Waals surface area contributed by atoms with Crippen LogP contribution in [0.15, 0.2) is 12.3 Å². The first kappa shape index (κ1) is 17.5. The molecule has 0 radical (unpaired) electrons. The maximum atomic E-state index is 12.3. The summed E-state index contributed by atoms with van der Waals surface area (Å²) in [5.74, 6) is -0.0734. The molecular formula is C15H17F3N4O3. The number of pyridine rings is 1. The maximum absolute atomic E-state index is 12.3. The van der Waals surface area contributed by atoms with Crippen molar-refractivity contribution < 1.29 is 27.9 Å². The lowest BCUT2D eigenvalue weighted by Gasteiger charge is -2.29. The molecule has 0 aromatic carbocycles. The number of hydrogen-bond acceptors (Lipinski definition) is 5. The maximum Gasteiger partial charge on any atom is 0.416 e. The Balaban J connectivity index is 1.74. The van der Waals surface area contributed by atoms with E-state index in [0.29, 0.717) is 24.0 Å². The molecular weight excluding hydrogens is 341 g/mol. The van der Waals surface area contributed by atoms with E-state index in [9.17, 15) is 22.8 Å². The van der Waals surface area contributed by atoms with Gasteiger partial charge in [0.25, 0.3) is 5.91 Å². The average molecular weight is 358 g/mol. The number of nitrogens with zero attached hydrogens (tertiary/aromatic N) is 2. The highest BCUT2D eigenvalue weighted by molar-refractivity contribution is 6.04. The number of alkyl halides is 3. The van der Waals surface area contributed by atoms with E-state index in [1.54, 1.807) is 4.90 Å². The number of fused-ring (bicyclic) bond motifs is 1. The monoisotopic (exact) mass is 358 g/mol. The minimum atomic E-state index is -4.81. The largest absolute Gasteiger partial charge is 0.416 e. The van der Waals surface area contributed by atoms with Crippen LogP contribution in [0.5, 0.6) is 0 Å². The van der Waals surface area contributed by atoms with Crippen molar-refractivity contribution in [3.05, 3.63) is 17.8 Å². The molecule has 2 amide bonds. The fourth-order valence-electron chi connectivity index (χ4n) is 2.47. The fraction of sp³-hybridized carbons (Fsp3) is 0.533. The molecule has 0 bridgehead atoms. The Morgan fingerprint density at radius 3 is 2.84 bits per heavy atom. The molecule has 1 aromatic rings. The molecule has 10 heteroatoms. The lowest BCUT2D eigenvalue weighted by molar-refractivity contribution is -0.201. The number of anilines is 2. The van der Waals surface area contributed by atoms with Gasteiger partial charge in [-0.1, -0.05) is 0 Å². The number of halogens is 3. The van der Waals surface area contributed by atoms with E-state index >= 15 is 0 Å². The van der Waals surface area contributed by atoms with E-state index in [2.05, 4.69) is 10.3 Å². The minimum absolute atomic E-state index is 0.0189. The number of aromatic nitrogens is 1. The van der Waals surface area contributed by atoms with E-state index in [1.807, 2.05) is 5.32 Å². The van der Waals surface area contributed by atoms with Crippen molar-refractivity contribution >= 4 is 23.3 Å². The summed E-state index contributed by atoms with van der Waals surface area (Å²) in [6, 6.07) is 1.42. The van der Waals surface area contributed by atoms with Gasteiger partial charge in [0.05, 0.1) is 24.3 Å². The molecule has 25 heavy (non-hydrogen) atoms. The summed E-state index contributed by atoms with van der Waals surface area (Å²) in [6.07, 6.45) is -4.16. The van der Waals surface area contributed by atoms with Gasteiger partial charge in [-0.15, -0.1) is 0 Å². The second kappa shape index (κ2) is 6.51. The van der Waals surface area contributed by atoms with Gasteiger partial charge in [0, 0.05) is 12.7 Å². The molecule has 1 unspecified atom stereocenters. The number of nitrogens with one attached hydrogen (secondary N) is 2. The summed E-state index contributed by atoms with van der Waals surface area (Å²) in [5, 5.41) is 13.8. The highest BCUT2D eigenvalue weighted by Gasteiger charge is 2.38. The SMILES string of the molecule is O=C(NCC(O)C(F)(F)F)c1cnc2c(c1)N(CC1CC1)C(=O)CN2. The number of aliphatic hydroxyl groups excluding tert-OH is 1. The average Bonchev–Trinajstić information content (AvgIpc) is 3.37. The standard InChI is InChI=1S/C15H17F3N4O3/c16-15(17,18)11(23)5-21-14(25)9-3-10-13(19-4-9)20-6-12(24)22(10)7-8-1-2-8/h3-4,8,11,23H,1-2,5-7H2,(H,19,20)(H,21,25). The van der Waals surface area contributed by atoms with Crippen LogP contribution < -0.4 is 15.5 Å². The Kier molecular flexibility index (Phi) is 4.55. The van der Waals surface area contributed by atoms with Crippen molar-refractivity contribution in [3.8, 4) is 0 Å². The van der Waals surface area contributed by atoms with Crippen LogP contribution in [0, 0.1) is 5.92 Å². The second-order valence-electron chi connectivity index (χ2n) is 6.16. The first-order valence-corrected chi connectivity index (χ1v) is 7.83. The smallest absolute Gasteiger partial charge is 0.382 e.